The Kier molecular flexibility index (Phi) is 6.93. The van der Waals surface area contributed by atoms with Crippen LogP contribution in [0, 0.1) is 6.92 Å². The maximum Gasteiger partial charge on any atom is 0.220 e. The molecule has 2 rings (SSSR count). The molecule has 2 aromatic rings. The molecule has 0 saturated heterocycles. The molecule has 0 bridgehead atoms. The highest BCUT2D eigenvalue weighted by atomic mass is 32.1. The predicted octanol–water partition coefficient (Wildman–Crippen LogP) is 3.17. The molecule has 5 nitrogen and oxygen atoms in total. The van der Waals surface area contributed by atoms with Gasteiger partial charge in [0.15, 0.2) is 5.78 Å². The minimum absolute atomic E-state index is 0.00949. The quantitative estimate of drug-likeness (QED) is 0.559. The number of ether oxygens (including phenoxy) is 1. The van der Waals surface area contributed by atoms with Gasteiger partial charge < -0.3 is 10.1 Å². The molecule has 6 heteroatoms. The average Bonchev–Trinajstić information content (AvgIpc) is 2.97. The number of aryl methyl sites for hydroxylation is 1. The van der Waals surface area contributed by atoms with E-state index in [1.165, 1.54) is 6.92 Å². The summed E-state index contributed by atoms with van der Waals surface area (Å²) in [4.78, 5) is 27.4. The van der Waals surface area contributed by atoms with E-state index in [0.29, 0.717) is 37.3 Å². The topological polar surface area (TPSA) is 68.3 Å². The lowest BCUT2D eigenvalue weighted by Gasteiger charge is -2.07. The zero-order chi connectivity index (χ0) is 17.4. The van der Waals surface area contributed by atoms with Crippen molar-refractivity contribution in [3.63, 3.8) is 0 Å². The van der Waals surface area contributed by atoms with Crippen LogP contribution in [0.5, 0.6) is 5.75 Å². The molecule has 128 valence electrons. The Morgan fingerprint density at radius 1 is 1.33 bits per heavy atom. The van der Waals surface area contributed by atoms with Gasteiger partial charge in [-0.25, -0.2) is 4.98 Å². The molecule has 24 heavy (non-hydrogen) atoms. The van der Waals surface area contributed by atoms with Gasteiger partial charge in [0.2, 0.25) is 5.91 Å². The third-order valence-corrected chi connectivity index (χ3v) is 4.41. The SMILES string of the molecule is CC(=O)c1cccc(OCCCC(=O)NCCc2nc(C)cs2)c1. The Hall–Kier alpha value is -2.21. The van der Waals surface area contributed by atoms with Gasteiger partial charge in [-0.2, -0.15) is 0 Å². The summed E-state index contributed by atoms with van der Waals surface area (Å²) in [5.41, 5.74) is 1.65. The highest BCUT2D eigenvalue weighted by molar-refractivity contribution is 7.09. The van der Waals surface area contributed by atoms with Crippen LogP contribution in [0.3, 0.4) is 0 Å². The first kappa shape index (κ1) is 18.1. The highest BCUT2D eigenvalue weighted by Gasteiger charge is 2.04. The van der Waals surface area contributed by atoms with Crippen LogP contribution in [0.2, 0.25) is 0 Å². The summed E-state index contributed by atoms with van der Waals surface area (Å²) in [5.74, 6) is 0.682. The molecule has 0 radical (unpaired) electrons. The fourth-order valence-electron chi connectivity index (χ4n) is 2.14. The lowest BCUT2D eigenvalue weighted by molar-refractivity contribution is -0.121. The molecule has 0 aliphatic carbocycles. The molecule has 1 amide bonds. The van der Waals surface area contributed by atoms with E-state index in [-0.39, 0.29) is 11.7 Å². The lowest BCUT2D eigenvalue weighted by atomic mass is 10.1. The van der Waals surface area contributed by atoms with Crippen LogP contribution in [0.1, 0.15) is 40.8 Å². The van der Waals surface area contributed by atoms with Crippen molar-refractivity contribution in [3.05, 3.63) is 45.9 Å². The number of nitrogens with zero attached hydrogens (tertiary/aromatic N) is 1. The summed E-state index contributed by atoms with van der Waals surface area (Å²) in [6.45, 7) is 4.54. The van der Waals surface area contributed by atoms with Crippen LogP contribution in [-0.4, -0.2) is 29.8 Å². The molecule has 0 aliphatic rings. The van der Waals surface area contributed by atoms with E-state index >= 15 is 0 Å². The molecular weight excluding hydrogens is 324 g/mol. The van der Waals surface area contributed by atoms with Gasteiger partial charge in [-0.3, -0.25) is 9.59 Å². The van der Waals surface area contributed by atoms with Crippen LogP contribution in [0.25, 0.3) is 0 Å². The van der Waals surface area contributed by atoms with Gasteiger partial charge in [0, 0.05) is 36.0 Å². The Balaban J connectivity index is 1.60. The summed E-state index contributed by atoms with van der Waals surface area (Å²) in [5, 5.41) is 5.94. The van der Waals surface area contributed by atoms with Crippen molar-refractivity contribution < 1.29 is 14.3 Å². The molecule has 0 aliphatic heterocycles. The number of Topliss-reactive ketones (excluding diaryl/α,β-unsaturated/α-hetero) is 1. The van der Waals surface area contributed by atoms with Crippen molar-refractivity contribution >= 4 is 23.0 Å². The monoisotopic (exact) mass is 346 g/mol. The van der Waals surface area contributed by atoms with Crippen molar-refractivity contribution in [1.82, 2.24) is 10.3 Å². The van der Waals surface area contributed by atoms with Gasteiger partial charge in [-0.1, -0.05) is 12.1 Å². The van der Waals surface area contributed by atoms with Gasteiger partial charge >= 0.3 is 0 Å². The van der Waals surface area contributed by atoms with Gasteiger partial charge in [-0.05, 0) is 32.4 Å². The number of ketones is 1. The predicted molar refractivity (Wildman–Crippen MR) is 94.7 cm³/mol. The van der Waals surface area contributed by atoms with Crippen LogP contribution in [-0.2, 0) is 11.2 Å². The summed E-state index contributed by atoms with van der Waals surface area (Å²) in [6, 6.07) is 7.08. The maximum absolute atomic E-state index is 11.8. The Morgan fingerprint density at radius 3 is 2.88 bits per heavy atom. The van der Waals surface area contributed by atoms with Gasteiger partial charge in [-0.15, -0.1) is 11.3 Å². The average molecular weight is 346 g/mol. The molecule has 1 aromatic carbocycles. The number of benzene rings is 1. The molecule has 0 spiro atoms. The van der Waals surface area contributed by atoms with E-state index in [2.05, 4.69) is 10.3 Å². The first-order chi connectivity index (χ1) is 11.5. The van der Waals surface area contributed by atoms with E-state index in [4.69, 9.17) is 4.74 Å². The van der Waals surface area contributed by atoms with E-state index in [9.17, 15) is 9.59 Å². The number of carbonyl (C=O) groups is 2. The maximum atomic E-state index is 11.8. The largest absolute Gasteiger partial charge is 0.494 e. The second-order valence-corrected chi connectivity index (χ2v) is 6.46. The van der Waals surface area contributed by atoms with E-state index in [1.54, 1.807) is 29.5 Å². The normalized spacial score (nSPS) is 10.4. The molecule has 0 unspecified atom stereocenters. The summed E-state index contributed by atoms with van der Waals surface area (Å²) < 4.78 is 5.58. The second kappa shape index (κ2) is 9.17. The smallest absolute Gasteiger partial charge is 0.220 e. The minimum Gasteiger partial charge on any atom is -0.494 e. The second-order valence-electron chi connectivity index (χ2n) is 5.52. The number of hydrogen-bond acceptors (Lipinski definition) is 5. The molecule has 0 fully saturated rings. The van der Waals surface area contributed by atoms with E-state index in [1.807, 2.05) is 18.4 Å². The fraction of sp³-hybridized carbons (Fsp3) is 0.389. The van der Waals surface area contributed by atoms with Crippen molar-refractivity contribution in [2.45, 2.75) is 33.1 Å². The highest BCUT2D eigenvalue weighted by Crippen LogP contribution is 2.14. The first-order valence-corrected chi connectivity index (χ1v) is 8.84. The van der Waals surface area contributed by atoms with Crippen molar-refractivity contribution in [2.75, 3.05) is 13.2 Å². The minimum atomic E-state index is 0.00949. The number of aromatic nitrogens is 1. The summed E-state index contributed by atoms with van der Waals surface area (Å²) in [7, 11) is 0. The standard InChI is InChI=1S/C18H22N2O3S/c1-13-12-24-18(20-13)8-9-19-17(22)7-4-10-23-16-6-3-5-15(11-16)14(2)21/h3,5-6,11-12H,4,7-10H2,1-2H3,(H,19,22). The number of rotatable bonds is 9. The van der Waals surface area contributed by atoms with E-state index in [0.717, 1.165) is 17.1 Å². The first-order valence-electron chi connectivity index (χ1n) is 7.96. The Morgan fingerprint density at radius 2 is 2.17 bits per heavy atom. The molecule has 0 atom stereocenters. The number of nitrogens with one attached hydrogen (secondary N) is 1. The Labute approximate surface area is 146 Å². The third-order valence-electron chi connectivity index (χ3n) is 3.39. The van der Waals surface area contributed by atoms with Gasteiger partial charge in [0.05, 0.1) is 11.6 Å². The molecule has 1 heterocycles. The number of amides is 1. The van der Waals surface area contributed by atoms with Crippen LogP contribution in [0.15, 0.2) is 29.6 Å². The van der Waals surface area contributed by atoms with Gasteiger partial charge in [0.25, 0.3) is 0 Å². The summed E-state index contributed by atoms with van der Waals surface area (Å²) in [6.07, 6.45) is 1.81. The van der Waals surface area contributed by atoms with Crippen molar-refractivity contribution in [3.8, 4) is 5.75 Å². The van der Waals surface area contributed by atoms with Crippen LogP contribution in [0.4, 0.5) is 0 Å². The lowest BCUT2D eigenvalue weighted by Crippen LogP contribution is -2.25. The van der Waals surface area contributed by atoms with E-state index < -0.39 is 0 Å². The molecular formula is C18H22N2O3S. The third kappa shape index (κ3) is 6.12. The summed E-state index contributed by atoms with van der Waals surface area (Å²) >= 11 is 1.62. The Bertz CT molecular complexity index is 697. The molecule has 1 aromatic heterocycles. The fourth-order valence-corrected chi connectivity index (χ4v) is 2.92. The van der Waals surface area contributed by atoms with Crippen molar-refractivity contribution in [1.29, 1.82) is 0 Å². The molecule has 1 N–H and O–H groups in total. The van der Waals surface area contributed by atoms with Crippen LogP contribution < -0.4 is 10.1 Å². The number of carbonyl (C=O) groups excluding carboxylic acids is 2. The van der Waals surface area contributed by atoms with Gasteiger partial charge in [0.1, 0.15) is 5.75 Å². The number of thiazole rings is 1. The molecule has 0 saturated carbocycles. The number of hydrogen-bond donors (Lipinski definition) is 1. The zero-order valence-corrected chi connectivity index (χ0v) is 14.8. The van der Waals surface area contributed by atoms with Crippen LogP contribution >= 0.6 is 11.3 Å². The zero-order valence-electron chi connectivity index (χ0n) is 14.0. The van der Waals surface area contributed by atoms with Crippen molar-refractivity contribution in [2.24, 2.45) is 0 Å².